The summed E-state index contributed by atoms with van der Waals surface area (Å²) in [5.74, 6) is 1.04. The first kappa shape index (κ1) is 28.2. The van der Waals surface area contributed by atoms with Crippen LogP contribution in [-0.2, 0) is 20.4 Å². The van der Waals surface area contributed by atoms with E-state index in [4.69, 9.17) is 9.47 Å². The smallest absolute Gasteiger partial charge is 0.416 e. The minimum atomic E-state index is -4.49. The summed E-state index contributed by atoms with van der Waals surface area (Å²) in [6.07, 6.45) is 5.67. The van der Waals surface area contributed by atoms with Crippen LogP contribution < -0.4 is 10.6 Å². The van der Waals surface area contributed by atoms with Gasteiger partial charge in [0, 0.05) is 30.7 Å². The molecule has 1 aromatic carbocycles. The van der Waals surface area contributed by atoms with Gasteiger partial charge in [-0.1, -0.05) is 6.08 Å². The van der Waals surface area contributed by atoms with E-state index in [2.05, 4.69) is 29.7 Å². The number of nitrogens with zero attached hydrogens (tertiary/aromatic N) is 1. The third-order valence-electron chi connectivity index (χ3n) is 7.71. The maximum atomic E-state index is 13.0. The number of methoxy groups -OCH3 is 1. The number of carbonyl (C=O) groups is 2. The molecule has 10 heteroatoms. The number of nitrogens with one attached hydrogen (secondary N) is 2. The summed E-state index contributed by atoms with van der Waals surface area (Å²) in [6, 6.07) is 3.02. The van der Waals surface area contributed by atoms with E-state index < -0.39 is 23.7 Å². The maximum absolute atomic E-state index is 13.0. The van der Waals surface area contributed by atoms with E-state index in [9.17, 15) is 22.8 Å². The van der Waals surface area contributed by atoms with Crippen LogP contribution in [0.5, 0.6) is 0 Å². The number of halogens is 3. The highest BCUT2D eigenvalue weighted by Gasteiger charge is 2.52. The van der Waals surface area contributed by atoms with Crippen LogP contribution in [0.2, 0.25) is 0 Å². The van der Waals surface area contributed by atoms with E-state index >= 15 is 0 Å². The Labute approximate surface area is 221 Å². The summed E-state index contributed by atoms with van der Waals surface area (Å²) >= 11 is 0. The molecular weight excluding hydrogens is 499 g/mol. The Morgan fingerprint density at radius 3 is 2.50 bits per heavy atom. The van der Waals surface area contributed by atoms with Crippen molar-refractivity contribution in [2.24, 2.45) is 11.8 Å². The number of carbonyl (C=O) groups excluding carboxylic acids is 2. The molecule has 0 bridgehead atoms. The highest BCUT2D eigenvalue weighted by molar-refractivity contribution is 5.97. The number of amides is 2. The molecule has 4 rings (SSSR count). The SMILES string of the molecule is COC1=CCC([C@@H]2CC2(C)NCCOC[C@H](NC(=O)c2ccc(C(F)(F)F)cc2)C(=O)N2CCCC2)C=C1. The summed E-state index contributed by atoms with van der Waals surface area (Å²) in [5.41, 5.74) is -0.758. The van der Waals surface area contributed by atoms with E-state index in [0.29, 0.717) is 38.1 Å². The van der Waals surface area contributed by atoms with Crippen molar-refractivity contribution < 1.29 is 32.2 Å². The van der Waals surface area contributed by atoms with Crippen molar-refractivity contribution in [3.05, 3.63) is 59.4 Å². The molecule has 0 radical (unpaired) electrons. The molecule has 0 aromatic heterocycles. The lowest BCUT2D eigenvalue weighted by atomic mass is 9.92. The Bertz CT molecular complexity index is 1050. The third-order valence-corrected chi connectivity index (χ3v) is 7.71. The van der Waals surface area contributed by atoms with Gasteiger partial charge in [-0.05, 0) is 80.9 Å². The summed E-state index contributed by atoms with van der Waals surface area (Å²) < 4.78 is 49.6. The normalized spacial score (nSPS) is 25.6. The van der Waals surface area contributed by atoms with Gasteiger partial charge < -0.3 is 25.0 Å². The summed E-state index contributed by atoms with van der Waals surface area (Å²) in [7, 11) is 1.67. The molecule has 2 N–H and O–H groups in total. The van der Waals surface area contributed by atoms with Crippen LogP contribution in [0.4, 0.5) is 13.2 Å². The first-order valence-corrected chi connectivity index (χ1v) is 13.1. The maximum Gasteiger partial charge on any atom is 0.416 e. The van der Waals surface area contributed by atoms with Crippen molar-refractivity contribution in [2.75, 3.05) is 40.0 Å². The van der Waals surface area contributed by atoms with Gasteiger partial charge >= 0.3 is 6.18 Å². The molecule has 1 heterocycles. The molecule has 3 aliphatic rings. The van der Waals surface area contributed by atoms with Crippen LogP contribution in [0, 0.1) is 11.8 Å². The summed E-state index contributed by atoms with van der Waals surface area (Å²) in [5, 5.41) is 6.23. The van der Waals surface area contributed by atoms with Crippen molar-refractivity contribution in [1.29, 1.82) is 0 Å². The van der Waals surface area contributed by atoms with Gasteiger partial charge in [0.1, 0.15) is 11.8 Å². The van der Waals surface area contributed by atoms with Gasteiger partial charge in [0.15, 0.2) is 0 Å². The largest absolute Gasteiger partial charge is 0.497 e. The highest BCUT2D eigenvalue weighted by Crippen LogP contribution is 2.50. The fraction of sp³-hybridized carbons (Fsp3) is 0.571. The predicted octanol–water partition coefficient (Wildman–Crippen LogP) is 3.92. The summed E-state index contributed by atoms with van der Waals surface area (Å²) in [4.78, 5) is 27.5. The zero-order chi connectivity index (χ0) is 27.3. The number of rotatable bonds is 11. The molecule has 2 unspecified atom stereocenters. The molecule has 1 saturated heterocycles. The quantitative estimate of drug-likeness (QED) is 0.420. The molecule has 2 aliphatic carbocycles. The molecule has 2 fully saturated rings. The van der Waals surface area contributed by atoms with Gasteiger partial charge in [0.25, 0.3) is 5.91 Å². The lowest BCUT2D eigenvalue weighted by molar-refractivity contribution is -0.137. The molecule has 2 amide bonds. The van der Waals surface area contributed by atoms with Crippen LogP contribution in [-0.4, -0.2) is 68.3 Å². The first-order valence-electron chi connectivity index (χ1n) is 13.1. The van der Waals surface area contributed by atoms with Gasteiger partial charge in [-0.15, -0.1) is 0 Å². The zero-order valence-corrected chi connectivity index (χ0v) is 21.9. The molecule has 1 aromatic rings. The van der Waals surface area contributed by atoms with Crippen molar-refractivity contribution in [3.8, 4) is 0 Å². The third kappa shape index (κ3) is 6.96. The van der Waals surface area contributed by atoms with Gasteiger partial charge in [-0.25, -0.2) is 0 Å². The Morgan fingerprint density at radius 1 is 1.18 bits per heavy atom. The lowest BCUT2D eigenvalue weighted by Crippen LogP contribution is -2.50. The van der Waals surface area contributed by atoms with Crippen molar-refractivity contribution in [1.82, 2.24) is 15.5 Å². The van der Waals surface area contributed by atoms with Gasteiger partial charge in [0.2, 0.25) is 5.91 Å². The molecule has 38 heavy (non-hydrogen) atoms. The topological polar surface area (TPSA) is 79.9 Å². The Hall–Kier alpha value is -2.85. The number of alkyl halides is 3. The minimum absolute atomic E-state index is 0.0144. The van der Waals surface area contributed by atoms with Crippen LogP contribution in [0.3, 0.4) is 0 Å². The second kappa shape index (κ2) is 11.9. The second-order valence-corrected chi connectivity index (χ2v) is 10.4. The Kier molecular flexibility index (Phi) is 8.82. The minimum Gasteiger partial charge on any atom is -0.497 e. The van der Waals surface area contributed by atoms with Gasteiger partial charge in [-0.3, -0.25) is 9.59 Å². The highest BCUT2D eigenvalue weighted by atomic mass is 19.4. The molecule has 208 valence electrons. The van der Waals surface area contributed by atoms with E-state index in [1.54, 1.807) is 12.0 Å². The fourth-order valence-electron chi connectivity index (χ4n) is 5.29. The van der Waals surface area contributed by atoms with Crippen molar-refractivity contribution >= 4 is 11.8 Å². The standard InChI is InChI=1S/C28H36F3N3O4/c1-27(17-23(27)19-7-11-22(37-2)12-8-19)32-13-16-38-18-24(26(36)34-14-3-4-15-34)33-25(35)20-5-9-21(10-6-20)28(29,30)31/h5-7,9-12,19,23-24,32H,3-4,8,13-18H2,1-2H3,(H,33,35)/t19?,23-,24-,27?/m0/s1. The second-order valence-electron chi connectivity index (χ2n) is 10.4. The van der Waals surface area contributed by atoms with E-state index in [-0.39, 0.29) is 23.6 Å². The molecule has 1 aliphatic heterocycles. The zero-order valence-electron chi connectivity index (χ0n) is 21.9. The number of allylic oxidation sites excluding steroid dienone is 3. The molecule has 0 spiro atoms. The average Bonchev–Trinajstić information content (AvgIpc) is 3.29. The number of hydrogen-bond acceptors (Lipinski definition) is 5. The Morgan fingerprint density at radius 2 is 1.89 bits per heavy atom. The number of likely N-dealkylation sites (tertiary alicyclic amines) is 1. The van der Waals surface area contributed by atoms with Crippen molar-refractivity contribution in [2.45, 2.75) is 50.4 Å². The van der Waals surface area contributed by atoms with Crippen LogP contribution in [0.25, 0.3) is 0 Å². The molecule has 7 nitrogen and oxygen atoms in total. The first-order chi connectivity index (χ1) is 18.1. The van der Waals surface area contributed by atoms with Crippen molar-refractivity contribution in [3.63, 3.8) is 0 Å². The Balaban J connectivity index is 1.26. The summed E-state index contributed by atoms with van der Waals surface area (Å²) in [6.45, 7) is 4.37. The predicted molar refractivity (Wildman–Crippen MR) is 136 cm³/mol. The van der Waals surface area contributed by atoms with E-state index in [0.717, 1.165) is 55.7 Å². The van der Waals surface area contributed by atoms with Gasteiger partial charge in [-0.2, -0.15) is 13.2 Å². The van der Waals surface area contributed by atoms with Crippen LogP contribution in [0.1, 0.15) is 48.5 Å². The molecule has 1 saturated carbocycles. The van der Waals surface area contributed by atoms with Gasteiger partial charge in [0.05, 0.1) is 25.9 Å². The van der Waals surface area contributed by atoms with Crippen LogP contribution >= 0.6 is 0 Å². The molecular formula is C28H36F3N3O4. The monoisotopic (exact) mass is 535 g/mol. The number of ether oxygens (including phenoxy) is 2. The number of benzene rings is 1. The van der Waals surface area contributed by atoms with Crippen LogP contribution in [0.15, 0.2) is 48.3 Å². The fourth-order valence-corrected chi connectivity index (χ4v) is 5.29. The molecule has 4 atom stereocenters. The average molecular weight is 536 g/mol. The van der Waals surface area contributed by atoms with E-state index in [1.807, 2.05) is 6.08 Å². The van der Waals surface area contributed by atoms with E-state index in [1.165, 1.54) is 0 Å². The lowest BCUT2D eigenvalue weighted by Gasteiger charge is -2.24. The number of hydrogen-bond donors (Lipinski definition) is 2.